The van der Waals surface area contributed by atoms with Crippen LogP contribution in [0.3, 0.4) is 0 Å². The molecule has 1 aliphatic rings. The molecule has 0 bridgehead atoms. The molecule has 0 aromatic heterocycles. The SMILES string of the molecule is CC(N)c1ccc(-c2ccccc2C2CCC2)cc1Cl. The van der Waals surface area contributed by atoms with Crippen LogP contribution in [0.5, 0.6) is 0 Å². The average molecular weight is 286 g/mol. The summed E-state index contributed by atoms with van der Waals surface area (Å²) in [5, 5.41) is 0.765. The summed E-state index contributed by atoms with van der Waals surface area (Å²) in [6.45, 7) is 1.96. The highest BCUT2D eigenvalue weighted by atomic mass is 35.5. The summed E-state index contributed by atoms with van der Waals surface area (Å²) in [5.41, 5.74) is 10.9. The van der Waals surface area contributed by atoms with Gasteiger partial charge in [-0.05, 0) is 54.0 Å². The van der Waals surface area contributed by atoms with Crippen molar-refractivity contribution in [2.45, 2.75) is 38.1 Å². The number of rotatable bonds is 3. The molecule has 2 N–H and O–H groups in total. The highest BCUT2D eigenvalue weighted by molar-refractivity contribution is 6.31. The Balaban J connectivity index is 2.03. The zero-order valence-electron chi connectivity index (χ0n) is 11.8. The minimum atomic E-state index is -0.0292. The van der Waals surface area contributed by atoms with E-state index < -0.39 is 0 Å². The Morgan fingerprint density at radius 2 is 1.90 bits per heavy atom. The molecule has 2 aromatic carbocycles. The van der Waals surface area contributed by atoms with Crippen LogP contribution in [0, 0.1) is 0 Å². The van der Waals surface area contributed by atoms with Crippen molar-refractivity contribution >= 4 is 11.6 Å². The minimum Gasteiger partial charge on any atom is -0.324 e. The molecule has 2 heteroatoms. The van der Waals surface area contributed by atoms with Gasteiger partial charge in [-0.25, -0.2) is 0 Å². The summed E-state index contributed by atoms with van der Waals surface area (Å²) in [7, 11) is 0. The van der Waals surface area contributed by atoms with Crippen molar-refractivity contribution in [3.63, 3.8) is 0 Å². The van der Waals surface area contributed by atoms with Crippen molar-refractivity contribution in [1.82, 2.24) is 0 Å². The predicted octanol–water partition coefficient (Wildman–Crippen LogP) is 5.29. The molecule has 0 radical (unpaired) electrons. The van der Waals surface area contributed by atoms with Crippen molar-refractivity contribution in [1.29, 1.82) is 0 Å². The average Bonchev–Trinajstić information content (AvgIpc) is 2.37. The second-order valence-electron chi connectivity index (χ2n) is 5.74. The first kappa shape index (κ1) is 13.7. The summed E-state index contributed by atoms with van der Waals surface area (Å²) in [5.74, 6) is 0.720. The van der Waals surface area contributed by atoms with Crippen LogP contribution < -0.4 is 5.73 Å². The lowest BCUT2D eigenvalue weighted by Crippen LogP contribution is -2.10. The second-order valence-corrected chi connectivity index (χ2v) is 6.15. The first-order valence-electron chi connectivity index (χ1n) is 7.31. The van der Waals surface area contributed by atoms with Crippen LogP contribution >= 0.6 is 11.6 Å². The highest BCUT2D eigenvalue weighted by Gasteiger charge is 2.22. The molecule has 104 valence electrons. The monoisotopic (exact) mass is 285 g/mol. The van der Waals surface area contributed by atoms with Crippen molar-refractivity contribution in [3.05, 3.63) is 58.6 Å². The highest BCUT2D eigenvalue weighted by Crippen LogP contribution is 2.41. The number of halogens is 1. The Kier molecular flexibility index (Phi) is 3.82. The topological polar surface area (TPSA) is 26.0 Å². The fraction of sp³-hybridized carbons (Fsp3) is 0.333. The van der Waals surface area contributed by atoms with Crippen LogP contribution in [0.25, 0.3) is 11.1 Å². The van der Waals surface area contributed by atoms with Crippen LogP contribution in [0.15, 0.2) is 42.5 Å². The number of nitrogens with two attached hydrogens (primary N) is 1. The van der Waals surface area contributed by atoms with E-state index >= 15 is 0 Å². The first-order chi connectivity index (χ1) is 9.66. The molecule has 0 amide bonds. The molecule has 2 aromatic rings. The molecule has 1 fully saturated rings. The van der Waals surface area contributed by atoms with Crippen molar-refractivity contribution in [2.24, 2.45) is 5.73 Å². The largest absolute Gasteiger partial charge is 0.324 e. The van der Waals surface area contributed by atoms with Gasteiger partial charge in [0.1, 0.15) is 0 Å². The third-order valence-corrected chi connectivity index (χ3v) is 4.64. The van der Waals surface area contributed by atoms with Gasteiger partial charge in [0.2, 0.25) is 0 Å². The van der Waals surface area contributed by atoms with E-state index in [1.54, 1.807) is 0 Å². The van der Waals surface area contributed by atoms with Crippen LogP contribution in [-0.2, 0) is 0 Å². The molecule has 1 atom stereocenters. The molecular formula is C18H20ClN. The van der Waals surface area contributed by atoms with E-state index in [2.05, 4.69) is 42.5 Å². The lowest BCUT2D eigenvalue weighted by Gasteiger charge is -2.28. The van der Waals surface area contributed by atoms with Crippen LogP contribution in [0.1, 0.15) is 49.3 Å². The normalized spacial score (nSPS) is 16.8. The third-order valence-electron chi connectivity index (χ3n) is 4.31. The molecule has 1 aliphatic carbocycles. The lowest BCUT2D eigenvalue weighted by molar-refractivity contribution is 0.420. The van der Waals surface area contributed by atoms with Crippen LogP contribution in [0.2, 0.25) is 5.02 Å². The van der Waals surface area contributed by atoms with E-state index in [1.165, 1.54) is 36.0 Å². The van der Waals surface area contributed by atoms with Crippen molar-refractivity contribution < 1.29 is 0 Å². The molecule has 3 rings (SSSR count). The van der Waals surface area contributed by atoms with E-state index in [9.17, 15) is 0 Å². The van der Waals surface area contributed by atoms with Crippen molar-refractivity contribution in [2.75, 3.05) is 0 Å². The van der Waals surface area contributed by atoms with Gasteiger partial charge in [-0.15, -0.1) is 0 Å². The van der Waals surface area contributed by atoms with Gasteiger partial charge in [0, 0.05) is 11.1 Å². The Morgan fingerprint density at radius 3 is 2.50 bits per heavy atom. The molecule has 0 heterocycles. The van der Waals surface area contributed by atoms with E-state index in [1.807, 2.05) is 6.92 Å². The van der Waals surface area contributed by atoms with E-state index in [4.69, 9.17) is 17.3 Å². The Labute approximate surface area is 125 Å². The summed E-state index contributed by atoms with van der Waals surface area (Å²) < 4.78 is 0. The summed E-state index contributed by atoms with van der Waals surface area (Å²) in [6, 6.07) is 14.9. The van der Waals surface area contributed by atoms with Crippen LogP contribution in [0.4, 0.5) is 0 Å². The van der Waals surface area contributed by atoms with Gasteiger partial charge in [-0.3, -0.25) is 0 Å². The molecule has 1 nitrogen and oxygen atoms in total. The fourth-order valence-electron chi connectivity index (χ4n) is 2.90. The molecule has 0 spiro atoms. The predicted molar refractivity (Wildman–Crippen MR) is 86.1 cm³/mol. The smallest absolute Gasteiger partial charge is 0.0459 e. The van der Waals surface area contributed by atoms with Gasteiger partial charge in [0.05, 0.1) is 0 Å². The molecule has 0 aliphatic heterocycles. The lowest BCUT2D eigenvalue weighted by atomic mass is 9.77. The Morgan fingerprint density at radius 1 is 1.15 bits per heavy atom. The van der Waals surface area contributed by atoms with Gasteiger partial charge >= 0.3 is 0 Å². The quantitative estimate of drug-likeness (QED) is 0.814. The Bertz CT molecular complexity index is 615. The molecule has 20 heavy (non-hydrogen) atoms. The maximum Gasteiger partial charge on any atom is 0.0459 e. The number of hydrogen-bond acceptors (Lipinski definition) is 1. The number of benzene rings is 2. The van der Waals surface area contributed by atoms with Gasteiger partial charge in [-0.2, -0.15) is 0 Å². The summed E-state index contributed by atoms with van der Waals surface area (Å²) >= 11 is 6.37. The van der Waals surface area contributed by atoms with Gasteiger partial charge in [0.15, 0.2) is 0 Å². The maximum absolute atomic E-state index is 6.37. The summed E-state index contributed by atoms with van der Waals surface area (Å²) in [6.07, 6.45) is 3.97. The zero-order chi connectivity index (χ0) is 14.1. The van der Waals surface area contributed by atoms with E-state index in [0.29, 0.717) is 0 Å². The van der Waals surface area contributed by atoms with Crippen LogP contribution in [-0.4, -0.2) is 0 Å². The zero-order valence-corrected chi connectivity index (χ0v) is 12.5. The van der Waals surface area contributed by atoms with Gasteiger partial charge in [-0.1, -0.05) is 54.4 Å². The number of hydrogen-bond donors (Lipinski definition) is 1. The van der Waals surface area contributed by atoms with Crippen molar-refractivity contribution in [3.8, 4) is 11.1 Å². The van der Waals surface area contributed by atoms with E-state index in [-0.39, 0.29) is 6.04 Å². The van der Waals surface area contributed by atoms with Gasteiger partial charge < -0.3 is 5.73 Å². The molecular weight excluding hydrogens is 266 g/mol. The van der Waals surface area contributed by atoms with Gasteiger partial charge in [0.25, 0.3) is 0 Å². The molecule has 1 saturated carbocycles. The standard InChI is InChI=1S/C18H20ClN/c1-12(20)15-10-9-14(11-18(15)19)17-8-3-2-7-16(17)13-5-4-6-13/h2-3,7-13H,4-6,20H2,1H3. The second kappa shape index (κ2) is 5.59. The molecule has 1 unspecified atom stereocenters. The Hall–Kier alpha value is -1.31. The molecule has 0 saturated heterocycles. The first-order valence-corrected chi connectivity index (χ1v) is 7.69. The summed E-state index contributed by atoms with van der Waals surface area (Å²) in [4.78, 5) is 0. The fourth-order valence-corrected chi connectivity index (χ4v) is 3.25. The maximum atomic E-state index is 6.37. The van der Waals surface area contributed by atoms with E-state index in [0.717, 1.165) is 16.5 Å². The third kappa shape index (κ3) is 2.48. The minimum absolute atomic E-state index is 0.0292.